The molecule has 0 atom stereocenters. The SMILES string of the molecule is COc1ccc(-c2nc3ccccc3c(=O)n2CCOCCOc2ccccc2Cl)cc1. The molecule has 0 N–H and O–H groups in total. The standard InChI is InChI=1S/C25H23ClN2O4/c1-30-19-12-10-18(11-13-19)24-27-22-8-4-2-6-20(22)25(29)28(24)14-15-31-16-17-32-23-9-5-3-7-21(23)26/h2-13H,14-17H2,1H3. The molecule has 164 valence electrons. The first-order chi connectivity index (χ1) is 15.7. The zero-order valence-electron chi connectivity index (χ0n) is 17.7. The molecule has 4 aromatic rings. The summed E-state index contributed by atoms with van der Waals surface area (Å²) in [7, 11) is 1.62. The molecular formula is C25H23ClN2O4. The van der Waals surface area contributed by atoms with Gasteiger partial charge in [0, 0.05) is 5.56 Å². The van der Waals surface area contributed by atoms with Gasteiger partial charge in [-0.25, -0.2) is 4.98 Å². The minimum atomic E-state index is -0.0997. The number of hydrogen-bond donors (Lipinski definition) is 0. The van der Waals surface area contributed by atoms with E-state index in [1.165, 1.54) is 0 Å². The Morgan fingerprint density at radius 2 is 1.66 bits per heavy atom. The van der Waals surface area contributed by atoms with Gasteiger partial charge < -0.3 is 14.2 Å². The lowest BCUT2D eigenvalue weighted by atomic mass is 10.1. The van der Waals surface area contributed by atoms with E-state index in [-0.39, 0.29) is 5.56 Å². The molecule has 1 aromatic heterocycles. The van der Waals surface area contributed by atoms with Gasteiger partial charge in [-0.05, 0) is 48.5 Å². The second-order valence-corrected chi connectivity index (χ2v) is 7.44. The van der Waals surface area contributed by atoms with E-state index in [9.17, 15) is 4.79 Å². The molecule has 0 amide bonds. The van der Waals surface area contributed by atoms with Crippen LogP contribution in [0.15, 0.2) is 77.6 Å². The molecule has 0 radical (unpaired) electrons. The van der Waals surface area contributed by atoms with Gasteiger partial charge in [0.25, 0.3) is 5.56 Å². The second kappa shape index (κ2) is 10.3. The van der Waals surface area contributed by atoms with Crippen LogP contribution in [-0.4, -0.2) is 36.5 Å². The average molecular weight is 451 g/mol. The maximum absolute atomic E-state index is 13.2. The Kier molecular flexibility index (Phi) is 7.04. The van der Waals surface area contributed by atoms with Gasteiger partial charge in [0.1, 0.15) is 23.9 Å². The molecular weight excluding hydrogens is 428 g/mol. The molecule has 0 saturated carbocycles. The Hall–Kier alpha value is -3.35. The maximum atomic E-state index is 13.2. The van der Waals surface area contributed by atoms with Crippen LogP contribution in [0.25, 0.3) is 22.3 Å². The van der Waals surface area contributed by atoms with Crippen LogP contribution >= 0.6 is 11.6 Å². The summed E-state index contributed by atoms with van der Waals surface area (Å²) in [5, 5.41) is 1.14. The molecule has 0 spiro atoms. The topological polar surface area (TPSA) is 62.6 Å². The largest absolute Gasteiger partial charge is 0.497 e. The molecule has 0 aliphatic rings. The van der Waals surface area contributed by atoms with Crippen molar-refractivity contribution in [1.82, 2.24) is 9.55 Å². The fourth-order valence-corrected chi connectivity index (χ4v) is 3.56. The predicted molar refractivity (Wildman–Crippen MR) is 126 cm³/mol. The molecule has 0 fully saturated rings. The van der Waals surface area contributed by atoms with E-state index < -0.39 is 0 Å². The molecule has 0 aliphatic carbocycles. The lowest BCUT2D eigenvalue weighted by Gasteiger charge is -2.14. The first-order valence-electron chi connectivity index (χ1n) is 10.3. The van der Waals surface area contributed by atoms with Crippen LogP contribution < -0.4 is 15.0 Å². The first-order valence-corrected chi connectivity index (χ1v) is 10.6. The number of fused-ring (bicyclic) bond motifs is 1. The van der Waals surface area contributed by atoms with E-state index in [1.54, 1.807) is 23.8 Å². The van der Waals surface area contributed by atoms with Crippen LogP contribution in [0.4, 0.5) is 0 Å². The summed E-state index contributed by atoms with van der Waals surface area (Å²) < 4.78 is 18.2. The van der Waals surface area contributed by atoms with Crippen molar-refractivity contribution in [2.24, 2.45) is 0 Å². The van der Waals surface area contributed by atoms with Crippen molar-refractivity contribution in [2.75, 3.05) is 26.9 Å². The van der Waals surface area contributed by atoms with Gasteiger partial charge in [0.2, 0.25) is 0 Å². The summed E-state index contributed by atoms with van der Waals surface area (Å²) >= 11 is 6.09. The van der Waals surface area contributed by atoms with Crippen molar-refractivity contribution in [3.05, 3.63) is 88.2 Å². The number of benzene rings is 3. The van der Waals surface area contributed by atoms with Crippen molar-refractivity contribution in [2.45, 2.75) is 6.54 Å². The zero-order valence-corrected chi connectivity index (χ0v) is 18.4. The van der Waals surface area contributed by atoms with Crippen molar-refractivity contribution in [1.29, 1.82) is 0 Å². The van der Waals surface area contributed by atoms with Gasteiger partial charge in [-0.2, -0.15) is 0 Å². The van der Waals surface area contributed by atoms with Crippen LogP contribution in [0.5, 0.6) is 11.5 Å². The van der Waals surface area contributed by atoms with Crippen LogP contribution in [0.3, 0.4) is 0 Å². The summed E-state index contributed by atoms with van der Waals surface area (Å²) in [6.45, 7) is 1.44. The molecule has 0 saturated heterocycles. The van der Waals surface area contributed by atoms with E-state index in [4.69, 9.17) is 30.8 Å². The quantitative estimate of drug-likeness (QED) is 0.342. The lowest BCUT2D eigenvalue weighted by molar-refractivity contribution is 0.0941. The third-order valence-electron chi connectivity index (χ3n) is 4.99. The van der Waals surface area contributed by atoms with E-state index in [1.807, 2.05) is 60.7 Å². The van der Waals surface area contributed by atoms with Crippen molar-refractivity contribution < 1.29 is 14.2 Å². The molecule has 0 bridgehead atoms. The monoisotopic (exact) mass is 450 g/mol. The summed E-state index contributed by atoms with van der Waals surface area (Å²) in [6, 6.07) is 22.1. The van der Waals surface area contributed by atoms with Gasteiger partial charge in [-0.3, -0.25) is 9.36 Å². The zero-order chi connectivity index (χ0) is 22.3. The Morgan fingerprint density at radius 1 is 0.906 bits per heavy atom. The average Bonchev–Trinajstić information content (AvgIpc) is 2.83. The number of methoxy groups -OCH3 is 1. The van der Waals surface area contributed by atoms with Crippen molar-refractivity contribution >= 4 is 22.5 Å². The highest BCUT2D eigenvalue weighted by Crippen LogP contribution is 2.23. The van der Waals surface area contributed by atoms with Crippen molar-refractivity contribution in [3.8, 4) is 22.9 Å². The normalized spacial score (nSPS) is 10.9. The Labute approximate surface area is 191 Å². The molecule has 3 aromatic carbocycles. The number of halogens is 1. The molecule has 4 rings (SSSR count). The van der Waals surface area contributed by atoms with Gasteiger partial charge in [0.05, 0.1) is 42.8 Å². The number of aromatic nitrogens is 2. The summed E-state index contributed by atoms with van der Waals surface area (Å²) in [5.74, 6) is 1.95. The van der Waals surface area contributed by atoms with Crippen LogP contribution in [0, 0.1) is 0 Å². The summed E-state index contributed by atoms with van der Waals surface area (Å²) in [4.78, 5) is 17.9. The van der Waals surface area contributed by atoms with Crippen LogP contribution in [0.1, 0.15) is 0 Å². The molecule has 1 heterocycles. The fraction of sp³-hybridized carbons (Fsp3) is 0.200. The van der Waals surface area contributed by atoms with Gasteiger partial charge in [-0.1, -0.05) is 35.9 Å². The number of nitrogens with zero attached hydrogens (tertiary/aromatic N) is 2. The lowest BCUT2D eigenvalue weighted by Crippen LogP contribution is -2.26. The minimum absolute atomic E-state index is 0.0997. The van der Waals surface area contributed by atoms with Gasteiger partial charge >= 0.3 is 0 Å². The maximum Gasteiger partial charge on any atom is 0.261 e. The fourth-order valence-electron chi connectivity index (χ4n) is 3.37. The summed E-state index contributed by atoms with van der Waals surface area (Å²) in [6.07, 6.45) is 0. The molecule has 6 nitrogen and oxygen atoms in total. The Bertz CT molecular complexity index is 1260. The minimum Gasteiger partial charge on any atom is -0.497 e. The third-order valence-corrected chi connectivity index (χ3v) is 5.30. The number of para-hydroxylation sites is 2. The summed E-state index contributed by atoms with van der Waals surface area (Å²) in [5.41, 5.74) is 1.39. The highest BCUT2D eigenvalue weighted by atomic mass is 35.5. The number of ether oxygens (including phenoxy) is 3. The molecule has 7 heteroatoms. The Balaban J connectivity index is 1.48. The van der Waals surface area contributed by atoms with Gasteiger partial charge in [-0.15, -0.1) is 0 Å². The molecule has 0 aliphatic heterocycles. The predicted octanol–water partition coefficient (Wildman–Crippen LogP) is 4.82. The third kappa shape index (κ3) is 4.93. The van der Waals surface area contributed by atoms with Crippen LogP contribution in [0.2, 0.25) is 5.02 Å². The molecule has 0 unspecified atom stereocenters. The molecule has 32 heavy (non-hydrogen) atoms. The second-order valence-electron chi connectivity index (χ2n) is 7.03. The van der Waals surface area contributed by atoms with E-state index in [0.717, 1.165) is 11.3 Å². The number of hydrogen-bond acceptors (Lipinski definition) is 5. The van der Waals surface area contributed by atoms with Crippen molar-refractivity contribution in [3.63, 3.8) is 0 Å². The van der Waals surface area contributed by atoms with Crippen LogP contribution in [-0.2, 0) is 11.3 Å². The van der Waals surface area contributed by atoms with E-state index in [0.29, 0.717) is 53.9 Å². The van der Waals surface area contributed by atoms with E-state index in [2.05, 4.69) is 0 Å². The van der Waals surface area contributed by atoms with Gasteiger partial charge in [0.15, 0.2) is 0 Å². The first kappa shape index (κ1) is 21.9. The Morgan fingerprint density at radius 3 is 2.44 bits per heavy atom. The van der Waals surface area contributed by atoms with E-state index >= 15 is 0 Å². The highest BCUT2D eigenvalue weighted by molar-refractivity contribution is 6.32. The smallest absolute Gasteiger partial charge is 0.261 e. The number of rotatable bonds is 9. The highest BCUT2D eigenvalue weighted by Gasteiger charge is 2.13.